The lowest BCUT2D eigenvalue weighted by Gasteiger charge is -2.41. The Balaban J connectivity index is 1.91. The normalized spacial score (nSPS) is 35.9. The number of thiocarbonyl (C=S) groups is 1. The molecule has 0 aliphatic carbocycles. The van der Waals surface area contributed by atoms with Crippen molar-refractivity contribution in [3.05, 3.63) is 0 Å². The van der Waals surface area contributed by atoms with Crippen LogP contribution < -0.4 is 5.32 Å². The highest BCUT2D eigenvalue weighted by Gasteiger charge is 2.44. The van der Waals surface area contributed by atoms with Gasteiger partial charge in [-0.05, 0) is 12.8 Å². The molecule has 0 saturated carbocycles. The van der Waals surface area contributed by atoms with E-state index in [-0.39, 0.29) is 11.8 Å². The zero-order chi connectivity index (χ0) is 17.1. The summed E-state index contributed by atoms with van der Waals surface area (Å²) in [4.78, 5) is 14.2. The van der Waals surface area contributed by atoms with E-state index >= 15 is 0 Å². The van der Waals surface area contributed by atoms with E-state index in [1.165, 1.54) is 0 Å². The predicted molar refractivity (Wildman–Crippen MR) is 87.8 cm³/mol. The van der Waals surface area contributed by atoms with Crippen LogP contribution in [0.5, 0.6) is 0 Å². The van der Waals surface area contributed by atoms with Gasteiger partial charge in [0, 0.05) is 19.0 Å². The largest absolute Gasteiger partial charge is 0.394 e. The number of hydrogen-bond acceptors (Lipinski definition) is 7. The lowest BCUT2D eigenvalue weighted by atomic mass is 9.93. The van der Waals surface area contributed by atoms with Crippen LogP contribution in [0.3, 0.4) is 0 Å². The lowest BCUT2D eigenvalue weighted by Crippen LogP contribution is -2.64. The van der Waals surface area contributed by atoms with Gasteiger partial charge in [-0.15, -0.1) is 12.6 Å². The van der Waals surface area contributed by atoms with Crippen LogP contribution in [-0.4, -0.2) is 85.9 Å². The standard InChI is InChI=1S/C13H22N2O6S2/c16-5-7-9(17)10(18)8(12(20)21-7)14-11(19)6-1-3-15(4-2-6)13(22)23/h6-10,12,16-18,20H,1-5H2,(H,14,19)(H,22,23)/t7-,8-,9-,10-,12?/m0/s1. The van der Waals surface area contributed by atoms with Gasteiger partial charge in [0.2, 0.25) is 5.91 Å². The van der Waals surface area contributed by atoms with Gasteiger partial charge in [0.05, 0.1) is 6.61 Å². The summed E-state index contributed by atoms with van der Waals surface area (Å²) in [5.41, 5.74) is 0. The van der Waals surface area contributed by atoms with Crippen LogP contribution in [0.1, 0.15) is 12.8 Å². The molecule has 2 aliphatic rings. The molecule has 1 amide bonds. The van der Waals surface area contributed by atoms with Crippen LogP contribution in [-0.2, 0) is 9.53 Å². The number of aliphatic hydroxyl groups is 4. The van der Waals surface area contributed by atoms with Crippen LogP contribution in [0.25, 0.3) is 0 Å². The average molecular weight is 366 g/mol. The number of carbonyl (C=O) groups is 1. The van der Waals surface area contributed by atoms with E-state index in [4.69, 9.17) is 22.1 Å². The third kappa shape index (κ3) is 4.32. The Hall–Kier alpha value is -0.490. The second-order valence-corrected chi connectivity index (χ2v) is 6.92. The Labute approximate surface area is 144 Å². The number of thiol groups is 1. The first-order chi connectivity index (χ1) is 10.8. The van der Waals surface area contributed by atoms with E-state index in [0.717, 1.165) is 0 Å². The van der Waals surface area contributed by atoms with Gasteiger partial charge in [0.1, 0.15) is 28.7 Å². The fraction of sp³-hybridized carbons (Fsp3) is 0.846. The second kappa shape index (κ2) is 8.06. The molecule has 0 aromatic rings. The smallest absolute Gasteiger partial charge is 0.223 e. The summed E-state index contributed by atoms with van der Waals surface area (Å²) in [5, 5.41) is 41.3. The number of amides is 1. The molecule has 2 saturated heterocycles. The van der Waals surface area contributed by atoms with Crippen molar-refractivity contribution in [3.8, 4) is 0 Å². The summed E-state index contributed by atoms with van der Waals surface area (Å²) in [6.07, 6.45) is -4.25. The first-order valence-electron chi connectivity index (χ1n) is 7.44. The monoisotopic (exact) mass is 366 g/mol. The van der Waals surface area contributed by atoms with E-state index in [2.05, 4.69) is 17.9 Å². The zero-order valence-corrected chi connectivity index (χ0v) is 14.1. The highest BCUT2D eigenvalue weighted by Crippen LogP contribution is 2.22. The van der Waals surface area contributed by atoms with Crippen molar-refractivity contribution in [2.45, 2.75) is 43.5 Å². The van der Waals surface area contributed by atoms with Gasteiger partial charge in [0.15, 0.2) is 6.29 Å². The maximum absolute atomic E-state index is 12.3. The molecule has 1 unspecified atom stereocenters. The zero-order valence-electron chi connectivity index (χ0n) is 12.4. The van der Waals surface area contributed by atoms with Crippen molar-refractivity contribution in [1.29, 1.82) is 0 Å². The fourth-order valence-electron chi connectivity index (χ4n) is 2.87. The van der Waals surface area contributed by atoms with E-state index < -0.39 is 37.3 Å². The Bertz CT molecular complexity index is 446. The van der Waals surface area contributed by atoms with Gasteiger partial charge in [-0.3, -0.25) is 4.79 Å². The van der Waals surface area contributed by atoms with Crippen molar-refractivity contribution in [2.75, 3.05) is 19.7 Å². The van der Waals surface area contributed by atoms with E-state index in [9.17, 15) is 20.1 Å². The highest BCUT2D eigenvalue weighted by molar-refractivity contribution is 8.10. The Morgan fingerprint density at radius 3 is 2.39 bits per heavy atom. The molecule has 0 bridgehead atoms. The van der Waals surface area contributed by atoms with Crippen LogP contribution >= 0.6 is 24.8 Å². The molecule has 2 heterocycles. The number of ether oxygens (including phenoxy) is 1. The number of carbonyl (C=O) groups excluding carboxylic acids is 1. The summed E-state index contributed by atoms with van der Waals surface area (Å²) < 4.78 is 5.51. The Morgan fingerprint density at radius 2 is 1.87 bits per heavy atom. The Kier molecular flexibility index (Phi) is 6.60. The molecule has 0 aromatic carbocycles. The summed E-state index contributed by atoms with van der Waals surface area (Å²) in [6, 6.07) is -1.15. The minimum atomic E-state index is -1.50. The molecule has 5 N–H and O–H groups in total. The van der Waals surface area contributed by atoms with E-state index in [0.29, 0.717) is 30.3 Å². The number of nitrogens with zero attached hydrogens (tertiary/aromatic N) is 1. The van der Waals surface area contributed by atoms with Crippen LogP contribution in [0.2, 0.25) is 0 Å². The van der Waals surface area contributed by atoms with Crippen molar-refractivity contribution in [3.63, 3.8) is 0 Å². The molecule has 2 rings (SSSR count). The first-order valence-corrected chi connectivity index (χ1v) is 8.29. The maximum Gasteiger partial charge on any atom is 0.223 e. The van der Waals surface area contributed by atoms with Gasteiger partial charge in [-0.2, -0.15) is 0 Å². The van der Waals surface area contributed by atoms with Crippen LogP contribution in [0.15, 0.2) is 0 Å². The molecular weight excluding hydrogens is 344 g/mol. The SMILES string of the molecule is O=C(N[C@@H]1C(O)O[C@@H](CO)[C@H](O)[C@H]1O)C1CCN(C(=S)S)CC1. The van der Waals surface area contributed by atoms with Crippen LogP contribution in [0.4, 0.5) is 0 Å². The molecule has 2 fully saturated rings. The molecule has 0 spiro atoms. The third-order valence-electron chi connectivity index (χ3n) is 4.35. The molecule has 10 heteroatoms. The fourth-order valence-corrected chi connectivity index (χ4v) is 3.25. The molecule has 8 nitrogen and oxygen atoms in total. The van der Waals surface area contributed by atoms with Crippen LogP contribution in [0, 0.1) is 5.92 Å². The number of aliphatic hydroxyl groups excluding tert-OH is 4. The topological polar surface area (TPSA) is 122 Å². The number of piperidine rings is 1. The molecule has 132 valence electrons. The molecular formula is C13H22N2O6S2. The third-order valence-corrected chi connectivity index (χ3v) is 4.89. The second-order valence-electron chi connectivity index (χ2n) is 5.81. The quantitative estimate of drug-likeness (QED) is 0.246. The molecule has 2 aliphatic heterocycles. The number of rotatable bonds is 3. The molecule has 0 radical (unpaired) electrons. The molecule has 5 atom stereocenters. The summed E-state index contributed by atoms with van der Waals surface area (Å²) in [5.74, 6) is -0.600. The van der Waals surface area contributed by atoms with Gasteiger partial charge < -0.3 is 35.4 Å². The van der Waals surface area contributed by atoms with Crippen molar-refractivity contribution < 1.29 is 30.0 Å². The van der Waals surface area contributed by atoms with Gasteiger partial charge in [0.25, 0.3) is 0 Å². The minimum absolute atomic E-state index is 0.277. The minimum Gasteiger partial charge on any atom is -0.394 e. The number of likely N-dealkylation sites (tertiary alicyclic amines) is 1. The summed E-state index contributed by atoms with van der Waals surface area (Å²) >= 11 is 9.08. The molecule has 23 heavy (non-hydrogen) atoms. The number of nitrogens with one attached hydrogen (secondary N) is 1. The van der Waals surface area contributed by atoms with Gasteiger partial charge >= 0.3 is 0 Å². The molecule has 0 aromatic heterocycles. The summed E-state index contributed by atoms with van der Waals surface area (Å²) in [7, 11) is 0. The van der Waals surface area contributed by atoms with E-state index in [1.54, 1.807) is 0 Å². The number of hydrogen-bond donors (Lipinski definition) is 6. The first kappa shape index (κ1) is 18.8. The maximum atomic E-state index is 12.3. The van der Waals surface area contributed by atoms with Gasteiger partial charge in [-0.1, -0.05) is 12.2 Å². The van der Waals surface area contributed by atoms with Gasteiger partial charge in [-0.25, -0.2) is 0 Å². The predicted octanol–water partition coefficient (Wildman–Crippen LogP) is -2.17. The van der Waals surface area contributed by atoms with Crippen molar-refractivity contribution in [2.24, 2.45) is 5.92 Å². The average Bonchev–Trinajstić information content (AvgIpc) is 2.54. The van der Waals surface area contributed by atoms with Crippen molar-refractivity contribution >= 4 is 35.1 Å². The van der Waals surface area contributed by atoms with E-state index in [1.807, 2.05) is 4.90 Å². The lowest BCUT2D eigenvalue weighted by molar-refractivity contribution is -0.254. The van der Waals surface area contributed by atoms with Crippen molar-refractivity contribution in [1.82, 2.24) is 10.2 Å². The Morgan fingerprint density at radius 1 is 1.26 bits per heavy atom. The highest BCUT2D eigenvalue weighted by atomic mass is 32.1. The summed E-state index contributed by atoms with van der Waals surface area (Å²) in [6.45, 7) is 0.682.